The normalized spacial score (nSPS) is 11.0. The topological polar surface area (TPSA) is 41.0 Å². The Hall–Kier alpha value is -1.99. The molecule has 0 N–H and O–H groups in total. The van der Waals surface area contributed by atoms with E-state index in [1.165, 1.54) is 12.3 Å². The molecule has 0 unspecified atom stereocenters. The maximum absolute atomic E-state index is 12.0. The minimum atomic E-state index is -4.36. The van der Waals surface area contributed by atoms with E-state index in [9.17, 15) is 13.2 Å². The average Bonchev–Trinajstić information content (AvgIpc) is 2.36. The van der Waals surface area contributed by atoms with Crippen LogP contribution in [0.1, 0.15) is 5.56 Å². The Morgan fingerprint density at radius 3 is 2.24 bits per heavy atom. The number of nitrogens with zero attached hydrogens (tertiary/aromatic N) is 4. The van der Waals surface area contributed by atoms with Crippen LogP contribution in [-0.4, -0.2) is 61.7 Å². The summed E-state index contributed by atoms with van der Waals surface area (Å²) in [7, 11) is 7.52. The molecule has 0 spiro atoms. The second-order valence-corrected chi connectivity index (χ2v) is 4.81. The van der Waals surface area contributed by atoms with E-state index in [0.717, 1.165) is 11.5 Å². The zero-order valence-corrected chi connectivity index (χ0v) is 12.5. The Kier molecular flexibility index (Phi) is 5.80. The molecule has 1 rings (SSSR count). The van der Waals surface area contributed by atoms with Crippen molar-refractivity contribution in [1.29, 1.82) is 0 Å². The van der Waals surface area contributed by atoms with Gasteiger partial charge in [0.1, 0.15) is 0 Å². The highest BCUT2D eigenvalue weighted by Crippen LogP contribution is 2.17. The molecule has 0 atom stereocenters. The number of guanidine groups is 1. The quantitative estimate of drug-likeness (QED) is 0.630. The van der Waals surface area contributed by atoms with Crippen molar-refractivity contribution in [1.82, 2.24) is 14.8 Å². The Morgan fingerprint density at radius 1 is 1.19 bits per heavy atom. The first-order valence-corrected chi connectivity index (χ1v) is 6.22. The van der Waals surface area contributed by atoms with Gasteiger partial charge in [0.05, 0.1) is 6.54 Å². The number of rotatable bonds is 4. The molecule has 0 aromatic carbocycles. The molecule has 1 aromatic heterocycles. The minimum Gasteiger partial charge on any atom is -0.468 e. The van der Waals surface area contributed by atoms with Gasteiger partial charge in [-0.3, -0.25) is 0 Å². The fraction of sp³-hybridized carbons (Fsp3) is 0.538. The molecule has 0 saturated heterocycles. The molecule has 21 heavy (non-hydrogen) atoms. The molecule has 1 heterocycles. The van der Waals surface area contributed by atoms with Gasteiger partial charge >= 0.3 is 6.18 Å². The zero-order valence-electron chi connectivity index (χ0n) is 12.5. The highest BCUT2D eigenvalue weighted by molar-refractivity contribution is 5.79. The van der Waals surface area contributed by atoms with Gasteiger partial charge in [-0.2, -0.15) is 13.2 Å². The molecular weight excluding hydrogens is 285 g/mol. The van der Waals surface area contributed by atoms with Crippen molar-refractivity contribution in [2.24, 2.45) is 4.99 Å². The van der Waals surface area contributed by atoms with Gasteiger partial charge in [-0.15, -0.1) is 0 Å². The smallest absolute Gasteiger partial charge is 0.422 e. The molecule has 0 amide bonds. The Balaban J connectivity index is 2.64. The molecular formula is C13H19F3N4O. The summed E-state index contributed by atoms with van der Waals surface area (Å²) in [5.41, 5.74) is 0.788. The Labute approximate surface area is 122 Å². The van der Waals surface area contributed by atoms with E-state index in [1.807, 2.05) is 38.0 Å². The standard InChI is InChI=1S/C13H19F3N4O/c1-19(2)12(20(3)4)18-8-10-5-6-11(17-7-10)21-9-13(14,15)16/h5-7H,8-9H2,1-4H3. The number of pyridine rings is 1. The molecule has 0 bridgehead atoms. The van der Waals surface area contributed by atoms with Gasteiger partial charge in [0.15, 0.2) is 12.6 Å². The molecule has 0 saturated carbocycles. The first-order valence-electron chi connectivity index (χ1n) is 6.22. The third kappa shape index (κ3) is 6.33. The van der Waals surface area contributed by atoms with Crippen LogP contribution in [0.25, 0.3) is 0 Å². The second-order valence-electron chi connectivity index (χ2n) is 4.81. The predicted molar refractivity (Wildman–Crippen MR) is 74.3 cm³/mol. The van der Waals surface area contributed by atoms with E-state index in [0.29, 0.717) is 6.54 Å². The number of ether oxygens (including phenoxy) is 1. The van der Waals surface area contributed by atoms with Crippen molar-refractivity contribution in [2.75, 3.05) is 34.8 Å². The molecule has 0 aliphatic rings. The van der Waals surface area contributed by atoms with Crippen LogP contribution in [0.5, 0.6) is 5.88 Å². The lowest BCUT2D eigenvalue weighted by atomic mass is 10.3. The Morgan fingerprint density at radius 2 is 1.81 bits per heavy atom. The molecule has 1 aromatic rings. The third-order valence-electron chi connectivity index (χ3n) is 2.38. The summed E-state index contributed by atoms with van der Waals surface area (Å²) in [6, 6.07) is 3.05. The minimum absolute atomic E-state index is 0.0551. The lowest BCUT2D eigenvalue weighted by Crippen LogP contribution is -2.35. The summed E-state index contributed by atoms with van der Waals surface area (Å²) < 4.78 is 40.5. The van der Waals surface area contributed by atoms with E-state index < -0.39 is 12.8 Å². The number of aromatic nitrogens is 1. The van der Waals surface area contributed by atoms with Gasteiger partial charge in [-0.05, 0) is 5.56 Å². The van der Waals surface area contributed by atoms with Crippen LogP contribution in [0.4, 0.5) is 13.2 Å². The lowest BCUT2D eigenvalue weighted by Gasteiger charge is -2.22. The van der Waals surface area contributed by atoms with Crippen molar-refractivity contribution >= 4 is 5.96 Å². The van der Waals surface area contributed by atoms with Gasteiger partial charge in [0.2, 0.25) is 5.88 Å². The van der Waals surface area contributed by atoms with E-state index in [-0.39, 0.29) is 5.88 Å². The van der Waals surface area contributed by atoms with E-state index in [1.54, 1.807) is 6.07 Å². The zero-order chi connectivity index (χ0) is 16.0. The maximum atomic E-state index is 12.0. The van der Waals surface area contributed by atoms with Crippen molar-refractivity contribution < 1.29 is 17.9 Å². The van der Waals surface area contributed by atoms with Gasteiger partial charge in [0.25, 0.3) is 0 Å². The number of aliphatic imine (C=N–C) groups is 1. The summed E-state index contributed by atoms with van der Waals surface area (Å²) in [6.45, 7) is -0.957. The van der Waals surface area contributed by atoms with Crippen molar-refractivity contribution in [2.45, 2.75) is 12.7 Å². The molecule has 8 heteroatoms. The highest BCUT2D eigenvalue weighted by Gasteiger charge is 2.28. The monoisotopic (exact) mass is 304 g/mol. The SMILES string of the molecule is CN(C)C(=NCc1ccc(OCC(F)(F)F)nc1)N(C)C. The molecule has 0 fully saturated rings. The average molecular weight is 304 g/mol. The summed E-state index contributed by atoms with van der Waals surface area (Å²) in [5, 5.41) is 0. The molecule has 118 valence electrons. The van der Waals surface area contributed by atoms with Crippen molar-refractivity contribution in [3.8, 4) is 5.88 Å². The van der Waals surface area contributed by atoms with Crippen LogP contribution >= 0.6 is 0 Å². The molecule has 0 aliphatic carbocycles. The number of hydrogen-bond donors (Lipinski definition) is 0. The summed E-state index contributed by atoms with van der Waals surface area (Å²) in [4.78, 5) is 12.0. The summed E-state index contributed by atoms with van der Waals surface area (Å²) in [6.07, 6.45) is -2.91. The molecule has 0 aliphatic heterocycles. The van der Waals surface area contributed by atoms with E-state index in [2.05, 4.69) is 14.7 Å². The number of halogens is 3. The fourth-order valence-electron chi connectivity index (χ4n) is 1.59. The van der Waals surface area contributed by atoms with Gasteiger partial charge in [-0.1, -0.05) is 6.07 Å². The first-order chi connectivity index (χ1) is 9.69. The number of alkyl halides is 3. The first kappa shape index (κ1) is 17.1. The lowest BCUT2D eigenvalue weighted by molar-refractivity contribution is -0.154. The van der Waals surface area contributed by atoms with Crippen LogP contribution in [0, 0.1) is 0 Å². The van der Waals surface area contributed by atoms with Crippen LogP contribution in [0.3, 0.4) is 0 Å². The van der Waals surface area contributed by atoms with Gasteiger partial charge in [0, 0.05) is 40.5 Å². The van der Waals surface area contributed by atoms with Crippen molar-refractivity contribution in [3.63, 3.8) is 0 Å². The predicted octanol–water partition coefficient (Wildman–Crippen LogP) is 2.00. The van der Waals surface area contributed by atoms with Crippen LogP contribution < -0.4 is 4.74 Å². The van der Waals surface area contributed by atoms with Crippen LogP contribution in [0.15, 0.2) is 23.3 Å². The maximum Gasteiger partial charge on any atom is 0.422 e. The summed E-state index contributed by atoms with van der Waals surface area (Å²) >= 11 is 0. The third-order valence-corrected chi connectivity index (χ3v) is 2.38. The molecule has 0 radical (unpaired) electrons. The summed E-state index contributed by atoms with van der Waals surface area (Å²) in [5.74, 6) is 0.730. The largest absolute Gasteiger partial charge is 0.468 e. The fourth-order valence-corrected chi connectivity index (χ4v) is 1.59. The van der Waals surface area contributed by atoms with Gasteiger partial charge in [-0.25, -0.2) is 9.98 Å². The van der Waals surface area contributed by atoms with E-state index in [4.69, 9.17) is 0 Å². The second kappa shape index (κ2) is 7.14. The molecule has 5 nitrogen and oxygen atoms in total. The Bertz CT molecular complexity index is 459. The highest BCUT2D eigenvalue weighted by atomic mass is 19.4. The number of hydrogen-bond acceptors (Lipinski definition) is 3. The van der Waals surface area contributed by atoms with E-state index >= 15 is 0 Å². The van der Waals surface area contributed by atoms with Crippen LogP contribution in [0.2, 0.25) is 0 Å². The van der Waals surface area contributed by atoms with Crippen LogP contribution in [-0.2, 0) is 6.54 Å². The van der Waals surface area contributed by atoms with Gasteiger partial charge < -0.3 is 14.5 Å². The van der Waals surface area contributed by atoms with Crippen molar-refractivity contribution in [3.05, 3.63) is 23.9 Å².